The van der Waals surface area contributed by atoms with Gasteiger partial charge >= 0.3 is 0 Å². The van der Waals surface area contributed by atoms with Gasteiger partial charge in [0.2, 0.25) is 5.96 Å². The maximum absolute atomic E-state index is 13.1. The van der Waals surface area contributed by atoms with Crippen molar-refractivity contribution in [2.24, 2.45) is 4.99 Å². The first-order valence-electron chi connectivity index (χ1n) is 9.80. The summed E-state index contributed by atoms with van der Waals surface area (Å²) in [4.78, 5) is 22.2. The Morgan fingerprint density at radius 2 is 1.69 bits per heavy atom. The summed E-state index contributed by atoms with van der Waals surface area (Å²) >= 11 is 0. The first-order chi connectivity index (χ1) is 14.1. The zero-order valence-corrected chi connectivity index (χ0v) is 17.2. The van der Waals surface area contributed by atoms with Gasteiger partial charge in [-0.3, -0.25) is 10.1 Å². The van der Waals surface area contributed by atoms with Crippen molar-refractivity contribution in [3.8, 4) is 11.5 Å². The minimum absolute atomic E-state index is 0.248. The van der Waals surface area contributed by atoms with E-state index in [9.17, 15) is 4.79 Å². The van der Waals surface area contributed by atoms with E-state index in [0.29, 0.717) is 35.3 Å². The van der Waals surface area contributed by atoms with Crippen LogP contribution in [0.1, 0.15) is 17.3 Å². The van der Waals surface area contributed by atoms with E-state index in [2.05, 4.69) is 22.2 Å². The summed E-state index contributed by atoms with van der Waals surface area (Å²) in [6, 6.07) is 14.7. The number of carbonyl (C=O) groups excluding carboxylic acids is 1. The van der Waals surface area contributed by atoms with Crippen molar-refractivity contribution in [1.82, 2.24) is 15.1 Å². The van der Waals surface area contributed by atoms with Crippen molar-refractivity contribution < 1.29 is 14.3 Å². The normalized spacial score (nSPS) is 15.1. The lowest BCUT2D eigenvalue weighted by molar-refractivity contribution is 0.0965. The molecule has 0 spiro atoms. The fourth-order valence-electron chi connectivity index (χ4n) is 3.14. The molecule has 0 unspecified atom stereocenters. The number of piperazine rings is 1. The standard InChI is InChI=1S/C22H28N4O3/c1-4-29-19-11-7-5-9-17(19)21(27)24-22(26-15-13-25(2)14-16-26)23-18-10-6-8-12-20(18)28-3/h5-12H,4,13-16H2,1-3H3,(H,23,24,27). The van der Waals surface area contributed by atoms with Crippen LogP contribution >= 0.6 is 0 Å². The third-order valence-corrected chi connectivity index (χ3v) is 4.77. The van der Waals surface area contributed by atoms with Crippen LogP contribution in [0.4, 0.5) is 5.69 Å². The van der Waals surface area contributed by atoms with Gasteiger partial charge in [-0.2, -0.15) is 0 Å². The average molecular weight is 396 g/mol. The minimum atomic E-state index is -0.248. The van der Waals surface area contributed by atoms with Crippen molar-refractivity contribution in [3.63, 3.8) is 0 Å². The Bertz CT molecular complexity index is 861. The number of para-hydroxylation sites is 3. The fourth-order valence-corrected chi connectivity index (χ4v) is 3.14. The summed E-state index contributed by atoms with van der Waals surface area (Å²) < 4.78 is 11.0. The number of hydrogen-bond donors (Lipinski definition) is 1. The van der Waals surface area contributed by atoms with Crippen LogP contribution in [0.3, 0.4) is 0 Å². The number of methoxy groups -OCH3 is 1. The highest BCUT2D eigenvalue weighted by molar-refractivity contribution is 6.07. The molecule has 0 aliphatic carbocycles. The van der Waals surface area contributed by atoms with Gasteiger partial charge in [-0.1, -0.05) is 24.3 Å². The van der Waals surface area contributed by atoms with Crippen molar-refractivity contribution in [2.75, 3.05) is 46.9 Å². The number of hydrogen-bond acceptors (Lipinski definition) is 5. The molecule has 1 saturated heterocycles. The maximum Gasteiger partial charge on any atom is 0.261 e. The molecule has 1 aliphatic heterocycles. The van der Waals surface area contributed by atoms with E-state index in [1.165, 1.54) is 0 Å². The molecule has 29 heavy (non-hydrogen) atoms. The third kappa shape index (κ3) is 5.26. The van der Waals surface area contributed by atoms with Gasteiger partial charge in [0.15, 0.2) is 0 Å². The molecule has 1 amide bonds. The molecule has 3 rings (SSSR count). The van der Waals surface area contributed by atoms with Crippen LogP contribution in [0.25, 0.3) is 0 Å². The number of nitrogens with one attached hydrogen (secondary N) is 1. The first kappa shape index (κ1) is 20.7. The van der Waals surface area contributed by atoms with Gasteiger partial charge in [0, 0.05) is 26.2 Å². The summed E-state index contributed by atoms with van der Waals surface area (Å²) in [5.74, 6) is 1.48. The van der Waals surface area contributed by atoms with E-state index in [0.717, 1.165) is 26.2 Å². The van der Waals surface area contributed by atoms with E-state index < -0.39 is 0 Å². The number of ether oxygens (including phenoxy) is 2. The van der Waals surface area contributed by atoms with Crippen molar-refractivity contribution in [1.29, 1.82) is 0 Å². The van der Waals surface area contributed by atoms with Crippen LogP contribution in [0, 0.1) is 0 Å². The molecule has 0 radical (unpaired) electrons. The number of guanidine groups is 1. The van der Waals surface area contributed by atoms with Gasteiger partial charge in [-0.15, -0.1) is 0 Å². The second-order valence-corrected chi connectivity index (χ2v) is 6.78. The molecule has 1 heterocycles. The van der Waals surface area contributed by atoms with Gasteiger partial charge in [0.1, 0.15) is 17.2 Å². The molecular weight excluding hydrogens is 368 g/mol. The molecule has 1 N–H and O–H groups in total. The second-order valence-electron chi connectivity index (χ2n) is 6.78. The number of benzene rings is 2. The van der Waals surface area contributed by atoms with Gasteiger partial charge in [0.25, 0.3) is 5.91 Å². The molecule has 0 atom stereocenters. The highest BCUT2D eigenvalue weighted by atomic mass is 16.5. The fraction of sp³-hybridized carbons (Fsp3) is 0.364. The van der Waals surface area contributed by atoms with Gasteiger partial charge < -0.3 is 19.3 Å². The molecule has 7 nitrogen and oxygen atoms in total. The van der Waals surface area contributed by atoms with Crippen LogP contribution in [-0.2, 0) is 0 Å². The quantitative estimate of drug-likeness (QED) is 0.622. The van der Waals surface area contributed by atoms with E-state index in [1.54, 1.807) is 19.2 Å². The Morgan fingerprint density at radius 1 is 1.03 bits per heavy atom. The second kappa shape index (κ2) is 9.93. The topological polar surface area (TPSA) is 66.4 Å². The van der Waals surface area contributed by atoms with Crippen molar-refractivity contribution in [3.05, 3.63) is 54.1 Å². The molecule has 7 heteroatoms. The number of rotatable bonds is 5. The van der Waals surface area contributed by atoms with Crippen molar-refractivity contribution in [2.45, 2.75) is 6.92 Å². The molecule has 1 fully saturated rings. The van der Waals surface area contributed by atoms with Gasteiger partial charge in [-0.25, -0.2) is 4.99 Å². The Morgan fingerprint density at radius 3 is 2.38 bits per heavy atom. The van der Waals surface area contributed by atoms with E-state index >= 15 is 0 Å². The Hall–Kier alpha value is -3.06. The van der Waals surface area contributed by atoms with Crippen LogP contribution in [0.15, 0.2) is 53.5 Å². The van der Waals surface area contributed by atoms with Crippen LogP contribution < -0.4 is 14.8 Å². The molecule has 0 bridgehead atoms. The highest BCUT2D eigenvalue weighted by Crippen LogP contribution is 2.27. The maximum atomic E-state index is 13.1. The van der Waals surface area contributed by atoms with Gasteiger partial charge in [-0.05, 0) is 38.2 Å². The van der Waals surface area contributed by atoms with Gasteiger partial charge in [0.05, 0.1) is 19.3 Å². The predicted molar refractivity (Wildman–Crippen MR) is 114 cm³/mol. The zero-order valence-electron chi connectivity index (χ0n) is 17.2. The number of nitrogens with zero attached hydrogens (tertiary/aromatic N) is 3. The number of likely N-dealkylation sites (N-methyl/N-ethyl adjacent to an activating group) is 1. The number of amides is 1. The summed E-state index contributed by atoms with van der Waals surface area (Å²) in [5.41, 5.74) is 1.15. The SMILES string of the molecule is CCOc1ccccc1C(=O)NC(=Nc1ccccc1OC)N1CCN(C)CC1. The lowest BCUT2D eigenvalue weighted by Gasteiger charge is -2.34. The van der Waals surface area contributed by atoms with Crippen LogP contribution in [0.2, 0.25) is 0 Å². The lowest BCUT2D eigenvalue weighted by Crippen LogP contribution is -2.52. The highest BCUT2D eigenvalue weighted by Gasteiger charge is 2.22. The largest absolute Gasteiger partial charge is 0.494 e. The zero-order chi connectivity index (χ0) is 20.6. The number of aliphatic imine (C=N–C) groups is 1. The summed E-state index contributed by atoms with van der Waals surface area (Å²) in [6.45, 7) is 5.74. The molecule has 154 valence electrons. The average Bonchev–Trinajstić information content (AvgIpc) is 2.75. The molecule has 0 saturated carbocycles. The van der Waals surface area contributed by atoms with E-state index in [-0.39, 0.29) is 5.91 Å². The molecule has 2 aromatic carbocycles. The minimum Gasteiger partial charge on any atom is -0.494 e. The lowest BCUT2D eigenvalue weighted by atomic mass is 10.2. The van der Waals surface area contributed by atoms with E-state index in [4.69, 9.17) is 14.5 Å². The van der Waals surface area contributed by atoms with Crippen LogP contribution in [0.5, 0.6) is 11.5 Å². The smallest absolute Gasteiger partial charge is 0.261 e. The summed E-state index contributed by atoms with van der Waals surface area (Å²) in [7, 11) is 3.70. The molecule has 2 aromatic rings. The third-order valence-electron chi connectivity index (χ3n) is 4.77. The molecule has 1 aliphatic rings. The molecule has 0 aromatic heterocycles. The monoisotopic (exact) mass is 396 g/mol. The Kier molecular flexibility index (Phi) is 7.08. The Balaban J connectivity index is 1.91. The van der Waals surface area contributed by atoms with Crippen molar-refractivity contribution >= 4 is 17.6 Å². The number of carbonyl (C=O) groups is 1. The summed E-state index contributed by atoms with van der Waals surface area (Å²) in [5, 5.41) is 3.00. The van der Waals surface area contributed by atoms with Crippen LogP contribution in [-0.4, -0.2) is 68.6 Å². The van der Waals surface area contributed by atoms with E-state index in [1.807, 2.05) is 43.3 Å². The molecular formula is C22H28N4O3. The predicted octanol–water partition coefficient (Wildman–Crippen LogP) is 2.76. The summed E-state index contributed by atoms with van der Waals surface area (Å²) in [6.07, 6.45) is 0. The first-order valence-corrected chi connectivity index (χ1v) is 9.80. The Labute approximate surface area is 171 Å².